The van der Waals surface area contributed by atoms with Crippen molar-refractivity contribution in [2.45, 2.75) is 18.9 Å². The Balaban J connectivity index is 2.31. The van der Waals surface area contributed by atoms with Gasteiger partial charge in [-0.1, -0.05) is 6.08 Å². The van der Waals surface area contributed by atoms with Gasteiger partial charge in [-0.05, 0) is 12.8 Å². The van der Waals surface area contributed by atoms with E-state index in [1.807, 2.05) is 0 Å². The van der Waals surface area contributed by atoms with Gasteiger partial charge in [0.1, 0.15) is 0 Å². The van der Waals surface area contributed by atoms with Gasteiger partial charge in [0, 0.05) is 12.6 Å². The molecule has 5 heteroatoms. The number of rotatable bonds is 5. The van der Waals surface area contributed by atoms with E-state index in [9.17, 15) is 8.42 Å². The zero-order valence-corrected chi connectivity index (χ0v) is 7.02. The smallest absolute Gasteiger partial charge is 0.199 e. The van der Waals surface area contributed by atoms with Crippen molar-refractivity contribution in [3.8, 4) is 0 Å². The van der Waals surface area contributed by atoms with Crippen molar-refractivity contribution in [2.75, 3.05) is 6.54 Å². The van der Waals surface area contributed by atoms with E-state index in [0.29, 0.717) is 0 Å². The summed E-state index contributed by atoms with van der Waals surface area (Å²) in [5.41, 5.74) is 0. The van der Waals surface area contributed by atoms with Crippen LogP contribution in [0.4, 0.5) is 0 Å². The summed E-state index contributed by atoms with van der Waals surface area (Å²) < 4.78 is 26.7. The van der Waals surface area contributed by atoms with Crippen LogP contribution in [-0.4, -0.2) is 21.0 Å². The molecule has 1 aliphatic carbocycles. The predicted octanol–water partition coefficient (Wildman–Crippen LogP) is -0.241. The molecule has 4 nitrogen and oxygen atoms in total. The highest BCUT2D eigenvalue weighted by Gasteiger charge is 2.26. The van der Waals surface area contributed by atoms with Crippen LogP contribution < -0.4 is 9.44 Å². The summed E-state index contributed by atoms with van der Waals surface area (Å²) in [6.45, 7) is 3.68. The number of hydrogen-bond acceptors (Lipinski definition) is 2. The maximum atomic E-state index is 11.0. The average Bonchev–Trinajstić information content (AvgIpc) is 2.67. The molecule has 0 bridgehead atoms. The summed E-state index contributed by atoms with van der Waals surface area (Å²) in [6, 6.07) is 0.164. The fraction of sp³-hybridized carbons (Fsp3) is 0.667. The summed E-state index contributed by atoms with van der Waals surface area (Å²) >= 11 is 0. The van der Waals surface area contributed by atoms with Gasteiger partial charge < -0.3 is 0 Å². The van der Waals surface area contributed by atoms with E-state index in [-0.39, 0.29) is 12.6 Å². The van der Waals surface area contributed by atoms with Crippen LogP contribution in [0.1, 0.15) is 12.8 Å². The second-order valence-electron chi connectivity index (χ2n) is 2.53. The molecule has 0 atom stereocenters. The molecule has 11 heavy (non-hydrogen) atoms. The molecule has 0 spiro atoms. The maximum absolute atomic E-state index is 11.0. The van der Waals surface area contributed by atoms with Crippen molar-refractivity contribution >= 4 is 10.2 Å². The van der Waals surface area contributed by atoms with E-state index in [1.165, 1.54) is 6.08 Å². The Bertz CT molecular complexity index is 231. The van der Waals surface area contributed by atoms with Gasteiger partial charge in [-0.2, -0.15) is 17.9 Å². The Morgan fingerprint density at radius 2 is 2.18 bits per heavy atom. The number of nitrogens with one attached hydrogen (secondary N) is 2. The molecule has 1 rings (SSSR count). The minimum absolute atomic E-state index is 0.164. The molecule has 1 aliphatic rings. The molecule has 1 fully saturated rings. The van der Waals surface area contributed by atoms with Crippen LogP contribution in [0, 0.1) is 0 Å². The standard InChI is InChI=1S/C6H12N2O2S/c1-2-5-7-11(9,10)8-6-3-4-6/h2,6-8H,1,3-5H2. The molecule has 0 aromatic heterocycles. The van der Waals surface area contributed by atoms with E-state index >= 15 is 0 Å². The summed E-state index contributed by atoms with van der Waals surface area (Å²) in [5.74, 6) is 0. The van der Waals surface area contributed by atoms with Crippen LogP contribution in [0.3, 0.4) is 0 Å². The second-order valence-corrected chi connectivity index (χ2v) is 4.06. The predicted molar refractivity (Wildman–Crippen MR) is 43.3 cm³/mol. The molecule has 64 valence electrons. The minimum atomic E-state index is -3.25. The van der Waals surface area contributed by atoms with E-state index < -0.39 is 10.2 Å². The summed E-state index contributed by atoms with van der Waals surface area (Å²) in [5, 5.41) is 0. The summed E-state index contributed by atoms with van der Waals surface area (Å²) in [7, 11) is -3.25. The Labute approximate surface area is 66.9 Å². The lowest BCUT2D eigenvalue weighted by molar-refractivity contribution is 0.570. The Hall–Kier alpha value is -0.390. The maximum Gasteiger partial charge on any atom is 0.277 e. The van der Waals surface area contributed by atoms with Crippen LogP contribution >= 0.6 is 0 Å². The van der Waals surface area contributed by atoms with Crippen molar-refractivity contribution in [1.82, 2.24) is 9.44 Å². The monoisotopic (exact) mass is 176 g/mol. The highest BCUT2D eigenvalue weighted by Crippen LogP contribution is 2.19. The van der Waals surface area contributed by atoms with Crippen molar-refractivity contribution < 1.29 is 8.42 Å². The average molecular weight is 176 g/mol. The quantitative estimate of drug-likeness (QED) is 0.568. The lowest BCUT2D eigenvalue weighted by Gasteiger charge is -2.03. The molecule has 0 aromatic rings. The second kappa shape index (κ2) is 3.34. The first-order valence-electron chi connectivity index (χ1n) is 3.52. The van der Waals surface area contributed by atoms with Crippen LogP contribution in [0.25, 0.3) is 0 Å². The van der Waals surface area contributed by atoms with Crippen molar-refractivity contribution in [2.24, 2.45) is 0 Å². The van der Waals surface area contributed by atoms with E-state index in [2.05, 4.69) is 16.0 Å². The van der Waals surface area contributed by atoms with E-state index in [4.69, 9.17) is 0 Å². The topological polar surface area (TPSA) is 58.2 Å². The highest BCUT2D eigenvalue weighted by atomic mass is 32.2. The first-order valence-corrected chi connectivity index (χ1v) is 5.00. The summed E-state index contributed by atoms with van der Waals surface area (Å²) in [6.07, 6.45) is 3.41. The Morgan fingerprint density at radius 3 is 2.64 bits per heavy atom. The van der Waals surface area contributed by atoms with Gasteiger partial charge in [-0.25, -0.2) is 0 Å². The zero-order valence-electron chi connectivity index (χ0n) is 6.21. The van der Waals surface area contributed by atoms with Crippen LogP contribution in [0.2, 0.25) is 0 Å². The third-order valence-corrected chi connectivity index (χ3v) is 2.51. The fourth-order valence-corrected chi connectivity index (χ4v) is 1.73. The van der Waals surface area contributed by atoms with Gasteiger partial charge in [0.05, 0.1) is 0 Å². The molecule has 0 aromatic carbocycles. The van der Waals surface area contributed by atoms with Crippen molar-refractivity contribution in [3.05, 3.63) is 12.7 Å². The number of hydrogen-bond donors (Lipinski definition) is 2. The minimum Gasteiger partial charge on any atom is -0.199 e. The largest absolute Gasteiger partial charge is 0.277 e. The first-order chi connectivity index (χ1) is 5.14. The molecular weight excluding hydrogens is 164 g/mol. The van der Waals surface area contributed by atoms with E-state index in [1.54, 1.807) is 0 Å². The Morgan fingerprint density at radius 1 is 1.55 bits per heavy atom. The van der Waals surface area contributed by atoms with Gasteiger partial charge in [-0.3, -0.25) is 0 Å². The molecule has 1 saturated carbocycles. The highest BCUT2D eigenvalue weighted by molar-refractivity contribution is 7.87. The SMILES string of the molecule is C=CCNS(=O)(=O)NC1CC1. The molecule has 0 radical (unpaired) electrons. The normalized spacial score (nSPS) is 18.2. The molecule has 0 saturated heterocycles. The lowest BCUT2D eigenvalue weighted by Crippen LogP contribution is -2.37. The van der Waals surface area contributed by atoms with Crippen molar-refractivity contribution in [3.63, 3.8) is 0 Å². The zero-order chi connectivity index (χ0) is 8.32. The molecule has 2 N–H and O–H groups in total. The molecule has 0 aliphatic heterocycles. The van der Waals surface area contributed by atoms with Gasteiger partial charge in [0.25, 0.3) is 10.2 Å². The molecule has 0 amide bonds. The summed E-state index contributed by atoms with van der Waals surface area (Å²) in [4.78, 5) is 0. The van der Waals surface area contributed by atoms with Gasteiger partial charge >= 0.3 is 0 Å². The van der Waals surface area contributed by atoms with Gasteiger partial charge in [-0.15, -0.1) is 6.58 Å². The molecular formula is C6H12N2O2S. The molecule has 0 unspecified atom stereocenters. The van der Waals surface area contributed by atoms with Crippen LogP contribution in [-0.2, 0) is 10.2 Å². The van der Waals surface area contributed by atoms with Gasteiger partial charge in [0.15, 0.2) is 0 Å². The lowest BCUT2D eigenvalue weighted by atomic mass is 10.7. The van der Waals surface area contributed by atoms with Crippen LogP contribution in [0.15, 0.2) is 12.7 Å². The van der Waals surface area contributed by atoms with Crippen molar-refractivity contribution in [1.29, 1.82) is 0 Å². The Kier molecular flexibility index (Phi) is 2.64. The van der Waals surface area contributed by atoms with E-state index in [0.717, 1.165) is 12.8 Å². The fourth-order valence-electron chi connectivity index (χ4n) is 0.631. The first kappa shape index (κ1) is 8.70. The molecule has 0 heterocycles. The third kappa shape index (κ3) is 3.50. The third-order valence-electron chi connectivity index (χ3n) is 1.32. The van der Waals surface area contributed by atoms with Crippen LogP contribution in [0.5, 0.6) is 0 Å². The van der Waals surface area contributed by atoms with Gasteiger partial charge in [0.2, 0.25) is 0 Å².